The Labute approximate surface area is 128 Å². The van der Waals surface area contributed by atoms with E-state index < -0.39 is 5.97 Å². The van der Waals surface area contributed by atoms with Gasteiger partial charge in [0.15, 0.2) is 0 Å². The molecular formula is C16H32N2O3. The number of hydrogen-bond donors (Lipinski definition) is 2. The molecule has 0 heterocycles. The molecule has 1 amide bonds. The molecule has 5 nitrogen and oxygen atoms in total. The molecule has 21 heavy (non-hydrogen) atoms. The van der Waals surface area contributed by atoms with Crippen LogP contribution < -0.4 is 5.73 Å². The Morgan fingerprint density at radius 1 is 1.14 bits per heavy atom. The van der Waals surface area contributed by atoms with Gasteiger partial charge in [-0.1, -0.05) is 19.8 Å². The van der Waals surface area contributed by atoms with E-state index in [4.69, 9.17) is 10.8 Å². The van der Waals surface area contributed by atoms with E-state index in [-0.39, 0.29) is 24.4 Å². The lowest BCUT2D eigenvalue weighted by atomic mass is 9.93. The third-order valence-corrected chi connectivity index (χ3v) is 3.70. The second-order valence-corrected chi connectivity index (χ2v) is 6.63. The van der Waals surface area contributed by atoms with Crippen LogP contribution in [0.25, 0.3) is 0 Å². The van der Waals surface area contributed by atoms with Gasteiger partial charge >= 0.3 is 5.97 Å². The molecule has 0 aromatic rings. The highest BCUT2D eigenvalue weighted by Crippen LogP contribution is 2.21. The number of carbonyl (C=O) groups is 2. The van der Waals surface area contributed by atoms with Crippen molar-refractivity contribution >= 4 is 11.9 Å². The Kier molecular flexibility index (Phi) is 9.26. The summed E-state index contributed by atoms with van der Waals surface area (Å²) < 4.78 is 0. The van der Waals surface area contributed by atoms with Crippen molar-refractivity contribution in [3.63, 3.8) is 0 Å². The summed E-state index contributed by atoms with van der Waals surface area (Å²) in [5.74, 6) is -0.337. The molecule has 1 unspecified atom stereocenters. The first-order valence-electron chi connectivity index (χ1n) is 7.94. The first-order valence-corrected chi connectivity index (χ1v) is 7.94. The molecule has 0 rings (SSSR count). The van der Waals surface area contributed by atoms with Crippen LogP contribution in [0.4, 0.5) is 0 Å². The predicted octanol–water partition coefficient (Wildman–Crippen LogP) is 2.63. The van der Waals surface area contributed by atoms with E-state index in [2.05, 4.69) is 6.92 Å². The second-order valence-electron chi connectivity index (χ2n) is 6.63. The number of carbonyl (C=O) groups excluding carboxylic acids is 1. The van der Waals surface area contributed by atoms with Crippen LogP contribution in [0, 0.1) is 5.92 Å². The largest absolute Gasteiger partial charge is 0.481 e. The molecular weight excluding hydrogens is 268 g/mol. The topological polar surface area (TPSA) is 83.6 Å². The highest BCUT2D eigenvalue weighted by atomic mass is 16.4. The van der Waals surface area contributed by atoms with Crippen molar-refractivity contribution in [1.29, 1.82) is 0 Å². The monoisotopic (exact) mass is 300 g/mol. The summed E-state index contributed by atoms with van der Waals surface area (Å²) in [7, 11) is 0. The van der Waals surface area contributed by atoms with Gasteiger partial charge in [0.2, 0.25) is 5.91 Å². The molecule has 3 N–H and O–H groups in total. The van der Waals surface area contributed by atoms with Crippen LogP contribution in [0.5, 0.6) is 0 Å². The summed E-state index contributed by atoms with van der Waals surface area (Å²) in [6.45, 7) is 8.88. The van der Waals surface area contributed by atoms with Crippen LogP contribution in [0.1, 0.15) is 66.2 Å². The third-order valence-electron chi connectivity index (χ3n) is 3.70. The average Bonchev–Trinajstić information content (AvgIpc) is 2.34. The zero-order valence-electron chi connectivity index (χ0n) is 14.0. The summed E-state index contributed by atoms with van der Waals surface area (Å²) in [5.41, 5.74) is 5.27. The molecule has 0 aromatic carbocycles. The number of nitrogens with two attached hydrogens (primary N) is 1. The van der Waals surface area contributed by atoms with E-state index in [1.165, 1.54) is 0 Å². The standard InChI is InChI=1S/C16H32N2O3/c1-5-6-13(9-11-17)7-8-14(19)18(16(2,3)4)12-10-15(20)21/h13H,5-12,17H2,1-4H3,(H,20,21). The van der Waals surface area contributed by atoms with Gasteiger partial charge in [0, 0.05) is 18.5 Å². The van der Waals surface area contributed by atoms with E-state index in [1.807, 2.05) is 20.8 Å². The zero-order chi connectivity index (χ0) is 16.5. The van der Waals surface area contributed by atoms with Crippen molar-refractivity contribution in [3.05, 3.63) is 0 Å². The number of amides is 1. The predicted molar refractivity (Wildman–Crippen MR) is 85.0 cm³/mol. The van der Waals surface area contributed by atoms with Gasteiger partial charge in [-0.3, -0.25) is 9.59 Å². The molecule has 5 heteroatoms. The Morgan fingerprint density at radius 2 is 1.76 bits per heavy atom. The van der Waals surface area contributed by atoms with Crippen molar-refractivity contribution in [3.8, 4) is 0 Å². The van der Waals surface area contributed by atoms with Crippen LogP contribution in [0.2, 0.25) is 0 Å². The number of aliphatic carboxylic acids is 1. The Balaban J connectivity index is 4.55. The maximum Gasteiger partial charge on any atom is 0.305 e. The lowest BCUT2D eigenvalue weighted by molar-refractivity contribution is -0.140. The van der Waals surface area contributed by atoms with Crippen LogP contribution in [-0.2, 0) is 9.59 Å². The van der Waals surface area contributed by atoms with Gasteiger partial charge in [0.25, 0.3) is 0 Å². The molecule has 0 aliphatic rings. The highest BCUT2D eigenvalue weighted by Gasteiger charge is 2.26. The minimum absolute atomic E-state index is 0.00972. The van der Waals surface area contributed by atoms with Crippen molar-refractivity contribution in [2.75, 3.05) is 13.1 Å². The number of rotatable bonds is 10. The van der Waals surface area contributed by atoms with E-state index in [0.29, 0.717) is 18.9 Å². The van der Waals surface area contributed by atoms with Gasteiger partial charge in [0.05, 0.1) is 6.42 Å². The van der Waals surface area contributed by atoms with E-state index in [1.54, 1.807) is 4.90 Å². The molecule has 124 valence electrons. The third kappa shape index (κ3) is 8.71. The number of carboxylic acids is 1. The van der Waals surface area contributed by atoms with Crippen LogP contribution in [0.3, 0.4) is 0 Å². The maximum atomic E-state index is 12.4. The molecule has 0 fully saturated rings. The number of nitrogens with zero attached hydrogens (tertiary/aromatic N) is 1. The van der Waals surface area contributed by atoms with Crippen LogP contribution in [0.15, 0.2) is 0 Å². The molecule has 1 atom stereocenters. The molecule has 0 saturated carbocycles. The van der Waals surface area contributed by atoms with Gasteiger partial charge in [-0.2, -0.15) is 0 Å². The normalized spacial score (nSPS) is 13.0. The van der Waals surface area contributed by atoms with Gasteiger partial charge in [-0.15, -0.1) is 0 Å². The molecule has 0 spiro atoms. The van der Waals surface area contributed by atoms with Gasteiger partial charge in [-0.05, 0) is 46.1 Å². The first kappa shape index (κ1) is 19.9. The van der Waals surface area contributed by atoms with Crippen molar-refractivity contribution in [2.45, 2.75) is 71.8 Å². The fourth-order valence-electron chi connectivity index (χ4n) is 2.58. The van der Waals surface area contributed by atoms with Crippen LogP contribution in [-0.4, -0.2) is 40.5 Å². The average molecular weight is 300 g/mol. The smallest absolute Gasteiger partial charge is 0.305 e. The zero-order valence-corrected chi connectivity index (χ0v) is 14.0. The Morgan fingerprint density at radius 3 is 2.19 bits per heavy atom. The summed E-state index contributed by atoms with van der Waals surface area (Å²) >= 11 is 0. The Hall–Kier alpha value is -1.10. The quantitative estimate of drug-likeness (QED) is 0.649. The van der Waals surface area contributed by atoms with Crippen molar-refractivity contribution < 1.29 is 14.7 Å². The fraction of sp³-hybridized carbons (Fsp3) is 0.875. The molecule has 0 aromatic heterocycles. The molecule has 0 aliphatic carbocycles. The SMILES string of the molecule is CCCC(CCN)CCC(=O)N(CCC(=O)O)C(C)(C)C. The summed E-state index contributed by atoms with van der Waals surface area (Å²) in [6.07, 6.45) is 4.44. The minimum Gasteiger partial charge on any atom is -0.481 e. The summed E-state index contributed by atoms with van der Waals surface area (Å²) in [5, 5.41) is 8.82. The molecule has 0 radical (unpaired) electrons. The maximum absolute atomic E-state index is 12.4. The van der Waals surface area contributed by atoms with Gasteiger partial charge in [0.1, 0.15) is 0 Å². The minimum atomic E-state index is -0.871. The molecule has 0 aliphatic heterocycles. The fourth-order valence-corrected chi connectivity index (χ4v) is 2.58. The number of carboxylic acid groups (broad SMARTS) is 1. The Bertz CT molecular complexity index is 318. The van der Waals surface area contributed by atoms with Gasteiger partial charge < -0.3 is 15.7 Å². The van der Waals surface area contributed by atoms with E-state index >= 15 is 0 Å². The summed E-state index contributed by atoms with van der Waals surface area (Å²) in [4.78, 5) is 24.8. The lowest BCUT2D eigenvalue weighted by Crippen LogP contribution is -2.46. The molecule has 0 bridgehead atoms. The lowest BCUT2D eigenvalue weighted by Gasteiger charge is -2.36. The van der Waals surface area contributed by atoms with Crippen LogP contribution >= 0.6 is 0 Å². The highest BCUT2D eigenvalue weighted by molar-refractivity contribution is 5.77. The molecule has 0 saturated heterocycles. The second kappa shape index (κ2) is 9.77. The van der Waals surface area contributed by atoms with Gasteiger partial charge in [-0.25, -0.2) is 0 Å². The van der Waals surface area contributed by atoms with E-state index in [9.17, 15) is 9.59 Å². The first-order chi connectivity index (χ1) is 9.72. The van der Waals surface area contributed by atoms with Crippen molar-refractivity contribution in [2.24, 2.45) is 11.7 Å². The number of hydrogen-bond acceptors (Lipinski definition) is 3. The van der Waals surface area contributed by atoms with Crippen molar-refractivity contribution in [1.82, 2.24) is 4.90 Å². The summed E-state index contributed by atoms with van der Waals surface area (Å²) in [6, 6.07) is 0. The van der Waals surface area contributed by atoms with E-state index in [0.717, 1.165) is 25.7 Å².